The van der Waals surface area contributed by atoms with E-state index < -0.39 is 0 Å². The lowest BCUT2D eigenvalue weighted by molar-refractivity contribution is 0.0940. The van der Waals surface area contributed by atoms with Gasteiger partial charge in [0.15, 0.2) is 0 Å². The minimum absolute atomic E-state index is 0.202. The van der Waals surface area contributed by atoms with Crippen molar-refractivity contribution in [2.45, 2.75) is 27.3 Å². The van der Waals surface area contributed by atoms with Crippen molar-refractivity contribution in [3.05, 3.63) is 45.6 Å². The third-order valence-corrected chi connectivity index (χ3v) is 3.11. The zero-order chi connectivity index (χ0) is 15.4. The molecule has 0 aliphatic carbocycles. The summed E-state index contributed by atoms with van der Waals surface area (Å²) in [6.45, 7) is 7.25. The zero-order valence-corrected chi connectivity index (χ0v) is 12.4. The first-order valence-electron chi connectivity index (χ1n) is 6.80. The van der Waals surface area contributed by atoms with Crippen LogP contribution in [0.15, 0.2) is 23.0 Å². The Hall–Kier alpha value is -2.44. The summed E-state index contributed by atoms with van der Waals surface area (Å²) in [5.74, 6) is -0.0684. The number of nitrogens with one attached hydrogen (secondary N) is 2. The molecule has 21 heavy (non-hydrogen) atoms. The van der Waals surface area contributed by atoms with Gasteiger partial charge in [-0.1, -0.05) is 6.92 Å². The molecule has 0 aromatic carbocycles. The van der Waals surface area contributed by atoms with Gasteiger partial charge in [0, 0.05) is 24.8 Å². The molecule has 112 valence electrons. The van der Waals surface area contributed by atoms with Gasteiger partial charge < -0.3 is 5.32 Å². The highest BCUT2D eigenvalue weighted by atomic mass is 16.2. The number of H-pyrrole nitrogens is 1. The van der Waals surface area contributed by atoms with Crippen molar-refractivity contribution >= 4 is 5.91 Å². The first-order valence-corrected chi connectivity index (χ1v) is 6.80. The average molecular weight is 289 g/mol. The molecule has 7 heteroatoms. The Kier molecular flexibility index (Phi) is 4.52. The van der Waals surface area contributed by atoms with Crippen LogP contribution >= 0.6 is 0 Å². The molecular weight excluding hydrogens is 270 g/mol. The molecule has 0 unspecified atom stereocenters. The standard InChI is InChI=1S/C14H19N5O2/c1-9(8-19-11(3)6-10(2)18-19)7-15-14(21)12-4-5-13(20)17-16-12/h4-6,9H,7-8H2,1-3H3,(H,15,21)(H,17,20)/t9-/m0/s1. The molecule has 0 aliphatic rings. The maximum atomic E-state index is 11.9. The molecule has 0 radical (unpaired) electrons. The lowest BCUT2D eigenvalue weighted by Crippen LogP contribution is -2.31. The molecule has 1 amide bonds. The summed E-state index contributed by atoms with van der Waals surface area (Å²) in [5, 5.41) is 13.1. The number of aromatic nitrogens is 4. The van der Waals surface area contributed by atoms with Crippen molar-refractivity contribution < 1.29 is 4.79 Å². The molecule has 2 N–H and O–H groups in total. The molecule has 2 heterocycles. The number of carbonyl (C=O) groups excluding carboxylic acids is 1. The molecule has 2 aromatic heterocycles. The SMILES string of the molecule is Cc1cc(C)n(C[C@@H](C)CNC(=O)c2ccc(=O)[nH]n2)n1. The molecule has 0 bridgehead atoms. The van der Waals surface area contributed by atoms with Crippen LogP contribution in [-0.2, 0) is 6.54 Å². The summed E-state index contributed by atoms with van der Waals surface area (Å²) in [5.41, 5.74) is 1.96. The monoisotopic (exact) mass is 289 g/mol. The summed E-state index contributed by atoms with van der Waals surface area (Å²) < 4.78 is 1.93. The van der Waals surface area contributed by atoms with Crippen LogP contribution in [-0.4, -0.2) is 32.4 Å². The van der Waals surface area contributed by atoms with Crippen LogP contribution in [0.5, 0.6) is 0 Å². The van der Waals surface area contributed by atoms with Crippen LogP contribution in [0.3, 0.4) is 0 Å². The number of hydrogen-bond donors (Lipinski definition) is 2. The van der Waals surface area contributed by atoms with Gasteiger partial charge in [0.25, 0.3) is 11.5 Å². The quantitative estimate of drug-likeness (QED) is 0.845. The van der Waals surface area contributed by atoms with Gasteiger partial charge in [-0.25, -0.2) is 5.10 Å². The Bertz CT molecular complexity index is 668. The van der Waals surface area contributed by atoms with Crippen molar-refractivity contribution in [1.29, 1.82) is 0 Å². The molecule has 0 saturated carbocycles. The van der Waals surface area contributed by atoms with Crippen LogP contribution in [0.2, 0.25) is 0 Å². The smallest absolute Gasteiger partial charge is 0.271 e. The van der Waals surface area contributed by atoms with Crippen molar-refractivity contribution in [3.63, 3.8) is 0 Å². The molecule has 0 fully saturated rings. The minimum Gasteiger partial charge on any atom is -0.350 e. The number of hydrogen-bond acceptors (Lipinski definition) is 4. The maximum Gasteiger partial charge on any atom is 0.271 e. The lowest BCUT2D eigenvalue weighted by atomic mass is 10.2. The second-order valence-electron chi connectivity index (χ2n) is 5.23. The molecule has 2 rings (SSSR count). The van der Waals surface area contributed by atoms with E-state index in [1.807, 2.05) is 31.5 Å². The largest absolute Gasteiger partial charge is 0.350 e. The van der Waals surface area contributed by atoms with E-state index in [-0.39, 0.29) is 23.1 Å². The number of nitrogens with zero attached hydrogens (tertiary/aromatic N) is 3. The van der Waals surface area contributed by atoms with Crippen molar-refractivity contribution in [3.8, 4) is 0 Å². The number of amides is 1. The van der Waals surface area contributed by atoms with E-state index in [4.69, 9.17) is 0 Å². The highest BCUT2D eigenvalue weighted by Gasteiger charge is 2.11. The fraction of sp³-hybridized carbons (Fsp3) is 0.429. The second kappa shape index (κ2) is 6.34. The van der Waals surface area contributed by atoms with E-state index >= 15 is 0 Å². The summed E-state index contributed by atoms with van der Waals surface area (Å²) in [4.78, 5) is 22.8. The van der Waals surface area contributed by atoms with E-state index in [2.05, 4.69) is 20.6 Å². The summed E-state index contributed by atoms with van der Waals surface area (Å²) in [6.07, 6.45) is 0. The van der Waals surface area contributed by atoms with E-state index in [0.717, 1.165) is 17.9 Å². The van der Waals surface area contributed by atoms with E-state index in [9.17, 15) is 9.59 Å². The van der Waals surface area contributed by atoms with Gasteiger partial charge in [0.1, 0.15) is 5.69 Å². The minimum atomic E-state index is -0.329. The van der Waals surface area contributed by atoms with Gasteiger partial charge in [0.2, 0.25) is 0 Å². The summed E-state index contributed by atoms with van der Waals surface area (Å²) in [7, 11) is 0. The first-order chi connectivity index (χ1) is 9.95. The van der Waals surface area contributed by atoms with Crippen LogP contribution in [0.1, 0.15) is 28.8 Å². The molecular formula is C14H19N5O2. The van der Waals surface area contributed by atoms with Crippen molar-refractivity contribution in [1.82, 2.24) is 25.3 Å². The topological polar surface area (TPSA) is 92.7 Å². The van der Waals surface area contributed by atoms with E-state index in [1.54, 1.807) is 0 Å². The van der Waals surface area contributed by atoms with Gasteiger partial charge >= 0.3 is 0 Å². The lowest BCUT2D eigenvalue weighted by Gasteiger charge is -2.13. The first kappa shape index (κ1) is 15.0. The van der Waals surface area contributed by atoms with Crippen molar-refractivity contribution in [2.24, 2.45) is 5.92 Å². The van der Waals surface area contributed by atoms with Gasteiger partial charge in [-0.2, -0.15) is 10.2 Å². The molecule has 2 aromatic rings. The number of aryl methyl sites for hydroxylation is 2. The number of rotatable bonds is 5. The summed E-state index contributed by atoms with van der Waals surface area (Å²) in [6, 6.07) is 4.70. The molecule has 7 nitrogen and oxygen atoms in total. The highest BCUT2D eigenvalue weighted by Crippen LogP contribution is 2.06. The fourth-order valence-electron chi connectivity index (χ4n) is 2.05. The van der Waals surface area contributed by atoms with Gasteiger partial charge in [0.05, 0.1) is 5.69 Å². The zero-order valence-electron chi connectivity index (χ0n) is 12.4. The van der Waals surface area contributed by atoms with Gasteiger partial charge in [-0.05, 0) is 31.9 Å². The Morgan fingerprint density at radius 1 is 1.43 bits per heavy atom. The van der Waals surface area contributed by atoms with Crippen LogP contribution in [0.4, 0.5) is 0 Å². The normalized spacial score (nSPS) is 12.1. The third kappa shape index (κ3) is 4.01. The van der Waals surface area contributed by atoms with E-state index in [1.165, 1.54) is 12.1 Å². The maximum absolute atomic E-state index is 11.9. The van der Waals surface area contributed by atoms with Crippen LogP contribution < -0.4 is 10.9 Å². The van der Waals surface area contributed by atoms with Crippen molar-refractivity contribution in [2.75, 3.05) is 6.54 Å². The third-order valence-electron chi connectivity index (χ3n) is 3.11. The summed E-state index contributed by atoms with van der Waals surface area (Å²) >= 11 is 0. The Labute approximate surface area is 122 Å². The van der Waals surface area contributed by atoms with Crippen LogP contribution in [0.25, 0.3) is 0 Å². The highest BCUT2D eigenvalue weighted by molar-refractivity contribution is 5.91. The van der Waals surface area contributed by atoms with Crippen LogP contribution in [0, 0.1) is 19.8 Å². The molecule has 0 saturated heterocycles. The average Bonchev–Trinajstić information content (AvgIpc) is 2.75. The Balaban J connectivity index is 1.87. The molecule has 1 atom stereocenters. The second-order valence-corrected chi connectivity index (χ2v) is 5.23. The predicted molar refractivity (Wildman–Crippen MR) is 78.1 cm³/mol. The fourth-order valence-corrected chi connectivity index (χ4v) is 2.05. The molecule has 0 aliphatic heterocycles. The molecule has 0 spiro atoms. The van der Waals surface area contributed by atoms with Gasteiger partial charge in [-0.3, -0.25) is 14.3 Å². The van der Waals surface area contributed by atoms with Gasteiger partial charge in [-0.15, -0.1) is 0 Å². The number of carbonyl (C=O) groups is 1. The Morgan fingerprint density at radius 3 is 2.76 bits per heavy atom. The Morgan fingerprint density at radius 2 is 2.19 bits per heavy atom. The van der Waals surface area contributed by atoms with E-state index in [0.29, 0.717) is 6.54 Å². The predicted octanol–water partition coefficient (Wildman–Crippen LogP) is 0.649. The number of aromatic amines is 1.